The highest BCUT2D eigenvalue weighted by Gasteiger charge is 2.30. The van der Waals surface area contributed by atoms with Crippen molar-refractivity contribution in [1.82, 2.24) is 0 Å². The summed E-state index contributed by atoms with van der Waals surface area (Å²) in [6.45, 7) is 3.49. The summed E-state index contributed by atoms with van der Waals surface area (Å²) in [6, 6.07) is 7.04. The van der Waals surface area contributed by atoms with Crippen LogP contribution < -0.4 is 15.8 Å². The molecule has 1 saturated heterocycles. The van der Waals surface area contributed by atoms with E-state index in [2.05, 4.69) is 11.8 Å². The average molecular weight is 283 g/mol. The number of rotatable bonds is 3. The number of hydrogen-bond acceptors (Lipinski definition) is 4. The maximum atomic E-state index is 11.7. The molecule has 1 heterocycles. The third kappa shape index (κ3) is 2.91. The molecule has 0 spiro atoms. The van der Waals surface area contributed by atoms with Crippen molar-refractivity contribution in [3.05, 3.63) is 24.3 Å². The van der Waals surface area contributed by atoms with Gasteiger partial charge in [0.2, 0.25) is 10.0 Å². The quantitative estimate of drug-likeness (QED) is 0.862. The van der Waals surface area contributed by atoms with Gasteiger partial charge in [0.1, 0.15) is 4.90 Å². The molecular weight excluding hydrogens is 262 g/mol. The molecule has 0 bridgehead atoms. The fourth-order valence-electron chi connectivity index (χ4n) is 2.84. The van der Waals surface area contributed by atoms with Gasteiger partial charge in [-0.15, -0.1) is 0 Å². The summed E-state index contributed by atoms with van der Waals surface area (Å²) in [5.74, 6) is 0.451. The molecule has 1 aliphatic heterocycles. The van der Waals surface area contributed by atoms with Crippen LogP contribution in [0.25, 0.3) is 0 Å². The third-order valence-electron chi connectivity index (χ3n) is 3.84. The number of piperidine rings is 1. The molecule has 2 atom stereocenters. The summed E-state index contributed by atoms with van der Waals surface area (Å²) in [5.41, 5.74) is 6.53. The van der Waals surface area contributed by atoms with Gasteiger partial charge in [-0.05, 0) is 30.9 Å². The molecule has 5 nitrogen and oxygen atoms in total. The largest absolute Gasteiger partial charge is 0.366 e. The Morgan fingerprint density at radius 1 is 1.37 bits per heavy atom. The van der Waals surface area contributed by atoms with Gasteiger partial charge in [0.25, 0.3) is 0 Å². The lowest BCUT2D eigenvalue weighted by molar-refractivity contribution is 0.348. The number of primary sulfonamides is 1. The first-order valence-electron chi connectivity index (χ1n) is 6.53. The highest BCUT2D eigenvalue weighted by atomic mass is 32.2. The number of hydrogen-bond donors (Lipinski definition) is 2. The van der Waals surface area contributed by atoms with Gasteiger partial charge < -0.3 is 10.6 Å². The Morgan fingerprint density at radius 3 is 2.68 bits per heavy atom. The lowest BCUT2D eigenvalue weighted by Gasteiger charge is -2.41. The van der Waals surface area contributed by atoms with Crippen molar-refractivity contribution in [2.75, 3.05) is 18.0 Å². The van der Waals surface area contributed by atoms with Crippen molar-refractivity contribution in [2.24, 2.45) is 16.8 Å². The van der Waals surface area contributed by atoms with Crippen molar-refractivity contribution in [3.8, 4) is 0 Å². The Bertz CT molecular complexity index is 545. The Labute approximate surface area is 114 Å². The van der Waals surface area contributed by atoms with Gasteiger partial charge in [-0.2, -0.15) is 0 Å². The smallest absolute Gasteiger partial charge is 0.240 e. The van der Waals surface area contributed by atoms with E-state index in [0.29, 0.717) is 18.2 Å². The van der Waals surface area contributed by atoms with Crippen LogP contribution >= 0.6 is 0 Å². The molecule has 1 fully saturated rings. The molecule has 0 saturated carbocycles. The first-order chi connectivity index (χ1) is 8.95. The van der Waals surface area contributed by atoms with E-state index in [4.69, 9.17) is 10.9 Å². The molecular formula is C13H21N3O2S. The zero-order valence-electron chi connectivity index (χ0n) is 11.1. The van der Waals surface area contributed by atoms with Crippen LogP contribution in [0.4, 0.5) is 5.69 Å². The summed E-state index contributed by atoms with van der Waals surface area (Å²) < 4.78 is 23.4. The van der Waals surface area contributed by atoms with Crippen molar-refractivity contribution in [2.45, 2.75) is 30.7 Å². The molecule has 0 amide bonds. The molecule has 1 aliphatic rings. The van der Waals surface area contributed by atoms with E-state index in [-0.39, 0.29) is 10.9 Å². The van der Waals surface area contributed by atoms with Crippen molar-refractivity contribution in [3.63, 3.8) is 0 Å². The minimum atomic E-state index is -3.71. The van der Waals surface area contributed by atoms with Crippen molar-refractivity contribution in [1.29, 1.82) is 0 Å². The van der Waals surface area contributed by atoms with E-state index in [1.807, 2.05) is 6.07 Å². The van der Waals surface area contributed by atoms with Gasteiger partial charge in [-0.3, -0.25) is 0 Å². The van der Waals surface area contributed by atoms with Crippen LogP contribution in [-0.4, -0.2) is 27.5 Å². The second kappa shape index (κ2) is 5.48. The fourth-order valence-corrected chi connectivity index (χ4v) is 3.59. The number of nitrogens with zero attached hydrogens (tertiary/aromatic N) is 1. The number of benzene rings is 1. The van der Waals surface area contributed by atoms with Gasteiger partial charge in [-0.25, -0.2) is 13.6 Å². The van der Waals surface area contributed by atoms with Gasteiger partial charge in [0.05, 0.1) is 5.69 Å². The van der Waals surface area contributed by atoms with E-state index >= 15 is 0 Å². The highest BCUT2D eigenvalue weighted by molar-refractivity contribution is 7.89. The highest BCUT2D eigenvalue weighted by Crippen LogP contribution is 2.32. The minimum Gasteiger partial charge on any atom is -0.366 e. The summed E-state index contributed by atoms with van der Waals surface area (Å²) in [4.78, 5) is 2.27. The summed E-state index contributed by atoms with van der Waals surface area (Å²) in [6.07, 6.45) is 2.16. The summed E-state index contributed by atoms with van der Waals surface area (Å²) in [5, 5.41) is 5.30. The Hall–Kier alpha value is -1.11. The molecule has 0 aliphatic carbocycles. The number of anilines is 1. The predicted molar refractivity (Wildman–Crippen MR) is 76.4 cm³/mol. The van der Waals surface area contributed by atoms with E-state index in [1.165, 1.54) is 0 Å². The molecule has 19 heavy (non-hydrogen) atoms. The molecule has 6 heteroatoms. The second-order valence-electron chi connectivity index (χ2n) is 5.13. The lowest BCUT2D eigenvalue weighted by Crippen LogP contribution is -2.49. The standard InChI is InChI=1S/C13H21N3O2S/c1-10-5-4-8-16(12(10)9-14)11-6-2-3-7-13(11)19(15,17)18/h2-3,6-7,10,12H,4-5,8-9,14H2,1H3,(H2,15,17,18). The van der Waals surface area contributed by atoms with Crippen molar-refractivity contribution < 1.29 is 8.42 Å². The van der Waals surface area contributed by atoms with Crippen molar-refractivity contribution >= 4 is 15.7 Å². The maximum Gasteiger partial charge on any atom is 0.240 e. The number of sulfonamides is 1. The predicted octanol–water partition coefficient (Wildman–Crippen LogP) is 0.898. The maximum absolute atomic E-state index is 11.7. The summed E-state index contributed by atoms with van der Waals surface area (Å²) >= 11 is 0. The van der Waals surface area contributed by atoms with E-state index < -0.39 is 10.0 Å². The Kier molecular flexibility index (Phi) is 4.13. The summed E-state index contributed by atoms with van der Waals surface area (Å²) in [7, 11) is -3.71. The third-order valence-corrected chi connectivity index (χ3v) is 4.80. The van der Waals surface area contributed by atoms with Crippen LogP contribution in [0.2, 0.25) is 0 Å². The van der Waals surface area contributed by atoms with Gasteiger partial charge >= 0.3 is 0 Å². The first kappa shape index (κ1) is 14.3. The molecule has 0 aromatic heterocycles. The average Bonchev–Trinajstić information content (AvgIpc) is 2.37. The van der Waals surface area contributed by atoms with Crippen LogP contribution in [0, 0.1) is 5.92 Å². The Balaban J connectivity index is 2.46. The minimum absolute atomic E-state index is 0.164. The zero-order chi connectivity index (χ0) is 14.0. The van der Waals surface area contributed by atoms with Gasteiger partial charge in [0.15, 0.2) is 0 Å². The van der Waals surface area contributed by atoms with Gasteiger partial charge in [-0.1, -0.05) is 19.1 Å². The molecule has 2 unspecified atom stereocenters. The van der Waals surface area contributed by atoms with E-state index in [9.17, 15) is 8.42 Å². The van der Waals surface area contributed by atoms with Crippen LogP contribution in [0.3, 0.4) is 0 Å². The zero-order valence-corrected chi connectivity index (χ0v) is 11.9. The van der Waals surface area contributed by atoms with E-state index in [1.54, 1.807) is 18.2 Å². The SMILES string of the molecule is CC1CCCN(c2ccccc2S(N)(=O)=O)C1CN. The first-order valence-corrected chi connectivity index (χ1v) is 8.08. The molecule has 106 valence electrons. The second-order valence-corrected chi connectivity index (χ2v) is 6.66. The monoisotopic (exact) mass is 283 g/mol. The van der Waals surface area contributed by atoms with Crippen LogP contribution in [0.15, 0.2) is 29.2 Å². The van der Waals surface area contributed by atoms with E-state index in [0.717, 1.165) is 19.4 Å². The molecule has 4 N–H and O–H groups in total. The number of para-hydroxylation sites is 1. The van der Waals surface area contributed by atoms with Crippen LogP contribution in [0.1, 0.15) is 19.8 Å². The Morgan fingerprint density at radius 2 is 2.05 bits per heavy atom. The number of nitrogens with two attached hydrogens (primary N) is 2. The van der Waals surface area contributed by atoms with Crippen LogP contribution in [-0.2, 0) is 10.0 Å². The normalized spacial score (nSPS) is 24.5. The molecule has 1 aromatic rings. The van der Waals surface area contributed by atoms with Gasteiger partial charge in [0, 0.05) is 19.1 Å². The van der Waals surface area contributed by atoms with Crippen LogP contribution in [0.5, 0.6) is 0 Å². The lowest BCUT2D eigenvalue weighted by atomic mass is 9.90. The fraction of sp³-hybridized carbons (Fsp3) is 0.538. The molecule has 0 radical (unpaired) electrons. The molecule has 1 aromatic carbocycles. The topological polar surface area (TPSA) is 89.4 Å². The molecule has 2 rings (SSSR count).